The monoisotopic (exact) mass is 531 g/mol. The number of aliphatic hydroxyl groups is 1. The minimum Gasteiger partial charge on any atom is -0.390 e. The highest BCUT2D eigenvalue weighted by Crippen LogP contribution is 2.62. The Kier molecular flexibility index (Phi) is 7.34. The molecule has 2 aromatic carbocycles. The number of aromatic nitrogens is 3. The van der Waals surface area contributed by atoms with Gasteiger partial charge in [0.25, 0.3) is 0 Å². The van der Waals surface area contributed by atoms with Crippen molar-refractivity contribution in [2.75, 3.05) is 5.75 Å². The number of benzene rings is 2. The van der Waals surface area contributed by atoms with Gasteiger partial charge in [0, 0.05) is 23.6 Å². The van der Waals surface area contributed by atoms with Crippen LogP contribution in [-0.2, 0) is 6.42 Å². The summed E-state index contributed by atoms with van der Waals surface area (Å²) in [7, 11) is 0. The molecule has 1 aromatic heterocycles. The van der Waals surface area contributed by atoms with Crippen molar-refractivity contribution in [3.05, 3.63) is 71.5 Å². The number of rotatable bonds is 7. The maximum absolute atomic E-state index is 12.9. The molecule has 5 rings (SSSR count). The van der Waals surface area contributed by atoms with Gasteiger partial charge >= 0.3 is 0 Å². The first-order chi connectivity index (χ1) is 18.0. The molecule has 38 heavy (non-hydrogen) atoms. The summed E-state index contributed by atoms with van der Waals surface area (Å²) in [6, 6.07) is 17.8. The Hall–Kier alpha value is -2.44. The van der Waals surface area contributed by atoms with Gasteiger partial charge in [0.1, 0.15) is 5.82 Å². The van der Waals surface area contributed by atoms with Crippen LogP contribution in [-0.4, -0.2) is 37.0 Å². The number of hydrogen-bond acceptors (Lipinski definition) is 5. The summed E-state index contributed by atoms with van der Waals surface area (Å²) in [6.45, 7) is 11.4. The molecule has 1 heterocycles. The Morgan fingerprint density at radius 3 is 2.42 bits per heavy atom. The van der Waals surface area contributed by atoms with Gasteiger partial charge in [-0.1, -0.05) is 87.0 Å². The smallest absolute Gasteiger partial charge is 0.196 e. The van der Waals surface area contributed by atoms with Gasteiger partial charge in [-0.25, -0.2) is 0 Å². The van der Waals surface area contributed by atoms with Gasteiger partial charge in [-0.3, -0.25) is 9.36 Å². The van der Waals surface area contributed by atoms with E-state index < -0.39 is 5.60 Å². The number of fused-ring (bicyclic) bond motifs is 1. The maximum atomic E-state index is 12.9. The predicted octanol–water partition coefficient (Wildman–Crippen LogP) is 7.09. The fourth-order valence-electron chi connectivity index (χ4n) is 7.58. The van der Waals surface area contributed by atoms with Gasteiger partial charge in [-0.2, -0.15) is 0 Å². The minimum absolute atomic E-state index is 0.0319. The number of nitrogens with zero attached hydrogens (tertiary/aromatic N) is 3. The topological polar surface area (TPSA) is 68.0 Å². The molecule has 2 aliphatic carbocycles. The van der Waals surface area contributed by atoms with Crippen LogP contribution in [0.1, 0.15) is 81.5 Å². The summed E-state index contributed by atoms with van der Waals surface area (Å²) >= 11 is 1.43. The number of carbonyl (C=O) groups is 1. The Labute approximate surface area is 231 Å². The molecule has 3 aromatic rings. The summed E-state index contributed by atoms with van der Waals surface area (Å²) in [6.07, 6.45) is 6.11. The van der Waals surface area contributed by atoms with Crippen molar-refractivity contribution >= 4 is 17.5 Å². The first-order valence-electron chi connectivity index (χ1n) is 14.0. The highest BCUT2D eigenvalue weighted by atomic mass is 32.2. The molecule has 0 saturated heterocycles. The van der Waals surface area contributed by atoms with Gasteiger partial charge < -0.3 is 5.11 Å². The molecular weight excluding hydrogens is 490 g/mol. The lowest BCUT2D eigenvalue weighted by molar-refractivity contribution is -0.167. The van der Waals surface area contributed by atoms with E-state index in [9.17, 15) is 9.90 Å². The van der Waals surface area contributed by atoms with Gasteiger partial charge in [0.15, 0.2) is 10.9 Å². The molecule has 0 bridgehead atoms. The van der Waals surface area contributed by atoms with Gasteiger partial charge in [-0.05, 0) is 68.4 Å². The maximum Gasteiger partial charge on any atom is 0.196 e. The van der Waals surface area contributed by atoms with E-state index in [1.54, 1.807) is 0 Å². The van der Waals surface area contributed by atoms with Crippen LogP contribution < -0.4 is 0 Å². The molecule has 4 atom stereocenters. The molecule has 0 spiro atoms. The van der Waals surface area contributed by atoms with Crippen LogP contribution in [0.3, 0.4) is 0 Å². The number of hydrogen-bond donors (Lipinski definition) is 1. The molecule has 2 fully saturated rings. The lowest BCUT2D eigenvalue weighted by Crippen LogP contribution is -2.58. The van der Waals surface area contributed by atoms with Crippen molar-refractivity contribution in [2.45, 2.75) is 83.9 Å². The van der Waals surface area contributed by atoms with Gasteiger partial charge in [0.05, 0.1) is 11.4 Å². The Bertz CT molecular complexity index is 1280. The molecule has 0 radical (unpaired) electrons. The van der Waals surface area contributed by atoms with Crippen LogP contribution in [0.25, 0.3) is 5.69 Å². The molecule has 202 valence electrons. The molecule has 0 amide bonds. The quantitative estimate of drug-likeness (QED) is 0.260. The van der Waals surface area contributed by atoms with Crippen molar-refractivity contribution in [1.82, 2.24) is 14.8 Å². The number of thioether (sulfide) groups is 1. The third-order valence-electron chi connectivity index (χ3n) is 9.57. The first-order valence-corrected chi connectivity index (χ1v) is 14.9. The highest BCUT2D eigenvalue weighted by molar-refractivity contribution is 7.99. The van der Waals surface area contributed by atoms with Crippen LogP contribution in [0.15, 0.2) is 59.8 Å². The van der Waals surface area contributed by atoms with Crippen molar-refractivity contribution in [1.29, 1.82) is 0 Å². The number of aryl methyl sites for hydroxylation is 1. The third-order valence-corrected chi connectivity index (χ3v) is 10.5. The molecule has 1 N–H and O–H groups in total. The van der Waals surface area contributed by atoms with Crippen molar-refractivity contribution in [3.63, 3.8) is 0 Å². The lowest BCUT2D eigenvalue weighted by Gasteiger charge is -2.61. The summed E-state index contributed by atoms with van der Waals surface area (Å²) in [5.41, 5.74) is 2.42. The molecule has 2 aliphatic rings. The molecule has 0 unspecified atom stereocenters. The van der Waals surface area contributed by atoms with E-state index in [4.69, 9.17) is 5.10 Å². The fourth-order valence-corrected chi connectivity index (χ4v) is 8.44. The molecular formula is C32H41N3O2S. The average molecular weight is 532 g/mol. The zero-order valence-electron chi connectivity index (χ0n) is 23.4. The second-order valence-corrected chi connectivity index (χ2v) is 13.6. The summed E-state index contributed by atoms with van der Waals surface area (Å²) < 4.78 is 2.11. The summed E-state index contributed by atoms with van der Waals surface area (Å²) in [4.78, 5) is 12.9. The lowest BCUT2D eigenvalue weighted by atomic mass is 9.45. The highest BCUT2D eigenvalue weighted by Gasteiger charge is 2.58. The molecule has 0 aliphatic heterocycles. The number of Topliss-reactive ketones (excluding diaryl/α,β-unsaturated/α-hetero) is 1. The van der Waals surface area contributed by atoms with E-state index in [1.165, 1.54) is 30.2 Å². The van der Waals surface area contributed by atoms with E-state index in [2.05, 4.69) is 61.6 Å². The van der Waals surface area contributed by atoms with Crippen LogP contribution in [0.2, 0.25) is 0 Å². The van der Waals surface area contributed by atoms with E-state index in [1.807, 2.05) is 37.3 Å². The molecule has 2 saturated carbocycles. The van der Waals surface area contributed by atoms with Crippen LogP contribution in [0, 0.1) is 29.6 Å². The number of carbonyl (C=O) groups excluding carboxylic acids is 1. The SMILES string of the molecule is Cc1ccc(-n2c(C[C@@H]3[C@@]4(C)CCCC(C)(C)[C@@H]4CC[C@@]3(C)O)nnc2SCC(=O)c2ccccc2)cc1. The van der Waals surface area contributed by atoms with Gasteiger partial charge in [-0.15, -0.1) is 10.2 Å². The van der Waals surface area contributed by atoms with E-state index in [-0.39, 0.29) is 22.5 Å². The largest absolute Gasteiger partial charge is 0.390 e. The van der Waals surface area contributed by atoms with E-state index >= 15 is 0 Å². The number of ketones is 1. The normalized spacial score (nSPS) is 28.6. The fraction of sp³-hybridized carbons (Fsp3) is 0.531. The Morgan fingerprint density at radius 1 is 1.00 bits per heavy atom. The third kappa shape index (κ3) is 5.10. The first kappa shape index (κ1) is 27.1. The molecule has 5 nitrogen and oxygen atoms in total. The molecule has 6 heteroatoms. The van der Waals surface area contributed by atoms with Crippen molar-refractivity contribution in [2.24, 2.45) is 22.7 Å². The minimum atomic E-state index is -0.765. The second kappa shape index (κ2) is 10.3. The Morgan fingerprint density at radius 2 is 1.71 bits per heavy atom. The summed E-state index contributed by atoms with van der Waals surface area (Å²) in [5, 5.41) is 21.8. The van der Waals surface area contributed by atoms with Crippen LogP contribution in [0.4, 0.5) is 0 Å². The zero-order chi connectivity index (χ0) is 27.1. The van der Waals surface area contributed by atoms with Crippen molar-refractivity contribution < 1.29 is 9.90 Å². The van der Waals surface area contributed by atoms with Gasteiger partial charge in [0.2, 0.25) is 0 Å². The van der Waals surface area contributed by atoms with Crippen LogP contribution in [0.5, 0.6) is 0 Å². The van der Waals surface area contributed by atoms with Crippen LogP contribution >= 0.6 is 11.8 Å². The van der Waals surface area contributed by atoms with E-state index in [0.717, 1.165) is 30.8 Å². The van der Waals surface area contributed by atoms with Crippen molar-refractivity contribution in [3.8, 4) is 5.69 Å². The Balaban J connectivity index is 1.49. The predicted molar refractivity (Wildman–Crippen MR) is 154 cm³/mol. The summed E-state index contributed by atoms with van der Waals surface area (Å²) in [5.74, 6) is 1.88. The average Bonchev–Trinajstić information content (AvgIpc) is 3.27. The second-order valence-electron chi connectivity index (χ2n) is 12.7. The van der Waals surface area contributed by atoms with E-state index in [0.29, 0.717) is 28.8 Å². The standard InChI is InChI=1S/C32H41N3O2S/c1-22-12-14-24(15-13-22)35-28(33-34-29(35)38-21-25(36)23-10-7-6-8-11-23)20-27-31(4)18-9-17-30(2,3)26(31)16-19-32(27,5)37/h6-8,10-15,26-27,37H,9,16-21H2,1-5H3/t26-,27+,31-,32+/m0/s1. The zero-order valence-corrected chi connectivity index (χ0v) is 24.2.